The first kappa shape index (κ1) is 15.9. The van der Waals surface area contributed by atoms with Crippen LogP contribution in [0.5, 0.6) is 0 Å². The van der Waals surface area contributed by atoms with Crippen LogP contribution in [0.1, 0.15) is 59.7 Å². The van der Waals surface area contributed by atoms with Crippen LogP contribution in [-0.4, -0.2) is 34.5 Å². The molecular weight excluding hydrogens is 382 g/mol. The standard InChI is InChI=1S/C22H25ClF2N2O/c1-2-16-5-7-18(26-15-16)4-3-9-22(25)10-12-27(13-11-22)21(28)17-6-8-20(24)19(23)14-17/h5-8,14-15H,2-4,9-13H2,1H3/i2D2,10D2. The van der Waals surface area contributed by atoms with E-state index in [1.165, 1.54) is 30.2 Å². The molecule has 3 nitrogen and oxygen atoms in total. The molecule has 1 fully saturated rings. The third-order valence-corrected chi connectivity index (χ3v) is 5.23. The van der Waals surface area contributed by atoms with Gasteiger partial charge in [0.05, 0.1) is 5.02 Å². The molecule has 0 bridgehead atoms. The van der Waals surface area contributed by atoms with Crippen LogP contribution in [0, 0.1) is 5.82 Å². The number of rotatable bonds is 6. The molecular formula is C22H25ClF2N2O. The average molecular weight is 411 g/mol. The molecule has 6 heteroatoms. The van der Waals surface area contributed by atoms with Gasteiger partial charge in [0.15, 0.2) is 0 Å². The number of amides is 1. The molecule has 0 saturated carbocycles. The fourth-order valence-electron chi connectivity index (χ4n) is 3.19. The van der Waals surface area contributed by atoms with Crippen LogP contribution >= 0.6 is 11.6 Å². The first-order valence-electron chi connectivity index (χ1n) is 11.2. The molecule has 150 valence electrons. The number of carbonyl (C=O) groups is 1. The van der Waals surface area contributed by atoms with Crippen LogP contribution in [0.15, 0.2) is 36.5 Å². The number of aryl methyl sites for hydroxylation is 2. The number of aromatic nitrogens is 1. The Morgan fingerprint density at radius 1 is 1.39 bits per heavy atom. The summed E-state index contributed by atoms with van der Waals surface area (Å²) in [5.41, 5.74) is -0.822. The van der Waals surface area contributed by atoms with Gasteiger partial charge in [0.1, 0.15) is 11.5 Å². The number of carbonyl (C=O) groups excluding carboxylic acids is 1. The molecule has 1 unspecified atom stereocenters. The molecule has 1 aliphatic heterocycles. The molecule has 1 aromatic heterocycles. The molecule has 28 heavy (non-hydrogen) atoms. The number of hydrogen-bond donors (Lipinski definition) is 0. The molecule has 3 rings (SSSR count). The van der Waals surface area contributed by atoms with Crippen LogP contribution in [0.3, 0.4) is 0 Å². The molecule has 1 saturated heterocycles. The van der Waals surface area contributed by atoms with E-state index < -0.39 is 36.7 Å². The minimum absolute atomic E-state index is 0.0254. The fraction of sp³-hybridized carbons (Fsp3) is 0.455. The highest BCUT2D eigenvalue weighted by Crippen LogP contribution is 2.32. The minimum atomic E-state index is -2.25. The summed E-state index contributed by atoms with van der Waals surface area (Å²) in [6.07, 6.45) is -1.65. The van der Waals surface area contributed by atoms with Crippen LogP contribution in [0.2, 0.25) is 5.02 Å². The second-order valence-electron chi connectivity index (χ2n) is 6.89. The van der Waals surface area contributed by atoms with Gasteiger partial charge in [-0.3, -0.25) is 9.78 Å². The van der Waals surface area contributed by atoms with Gasteiger partial charge in [-0.15, -0.1) is 0 Å². The van der Waals surface area contributed by atoms with Gasteiger partial charge < -0.3 is 4.90 Å². The van der Waals surface area contributed by atoms with E-state index in [0.29, 0.717) is 24.1 Å². The molecule has 0 aliphatic carbocycles. The van der Waals surface area contributed by atoms with E-state index in [4.69, 9.17) is 17.1 Å². The Hall–Kier alpha value is -2.01. The van der Waals surface area contributed by atoms with Crippen molar-refractivity contribution in [3.63, 3.8) is 0 Å². The SMILES string of the molecule is [2H]C([2H])(C)c1ccc(CCCC2(F)CCN(C(=O)c3ccc(F)c(Cl)c3)CC2([2H])[2H])nc1. The van der Waals surface area contributed by atoms with Crippen molar-refractivity contribution in [3.05, 3.63) is 64.2 Å². The van der Waals surface area contributed by atoms with Gasteiger partial charge in [0, 0.05) is 36.0 Å². The van der Waals surface area contributed by atoms with Crippen molar-refractivity contribution in [2.24, 2.45) is 0 Å². The number of hydrogen-bond acceptors (Lipinski definition) is 2. The Morgan fingerprint density at radius 2 is 2.21 bits per heavy atom. The lowest BCUT2D eigenvalue weighted by molar-refractivity contribution is 0.0389. The third kappa shape index (κ3) is 5.07. The maximum atomic E-state index is 15.6. The summed E-state index contributed by atoms with van der Waals surface area (Å²) in [4.78, 5) is 18.1. The zero-order valence-electron chi connectivity index (χ0n) is 19.6. The number of benzene rings is 1. The van der Waals surface area contributed by atoms with Gasteiger partial charge in [-0.05, 0) is 68.3 Å². The molecule has 1 amide bonds. The van der Waals surface area contributed by atoms with Crippen molar-refractivity contribution in [3.8, 4) is 0 Å². The average Bonchev–Trinajstić information content (AvgIpc) is 2.71. The maximum absolute atomic E-state index is 15.6. The van der Waals surface area contributed by atoms with Crippen LogP contribution in [0.4, 0.5) is 8.78 Å². The predicted octanol–water partition coefficient (Wildman–Crippen LogP) is 5.40. The Bertz CT molecular complexity index is 985. The molecule has 1 aliphatic rings. The van der Waals surface area contributed by atoms with Crippen LogP contribution in [-0.2, 0) is 12.8 Å². The molecule has 0 N–H and O–H groups in total. The first-order valence-corrected chi connectivity index (χ1v) is 9.59. The number of halogens is 3. The lowest BCUT2D eigenvalue weighted by Crippen LogP contribution is -2.44. The van der Waals surface area contributed by atoms with Crippen molar-refractivity contribution in [2.45, 2.75) is 51.0 Å². The highest BCUT2D eigenvalue weighted by atomic mass is 35.5. The van der Waals surface area contributed by atoms with Crippen LogP contribution < -0.4 is 0 Å². The van der Waals surface area contributed by atoms with E-state index in [0.717, 1.165) is 6.07 Å². The smallest absolute Gasteiger partial charge is 0.253 e. The van der Waals surface area contributed by atoms with E-state index in [2.05, 4.69) is 4.98 Å². The highest BCUT2D eigenvalue weighted by Gasteiger charge is 2.35. The summed E-state index contributed by atoms with van der Waals surface area (Å²) in [7, 11) is 0. The second kappa shape index (κ2) is 8.99. The third-order valence-electron chi connectivity index (χ3n) is 4.94. The molecule has 2 aromatic rings. The number of pyridine rings is 1. The number of piperidine rings is 1. The molecule has 1 atom stereocenters. The highest BCUT2D eigenvalue weighted by molar-refractivity contribution is 6.31. The van der Waals surface area contributed by atoms with E-state index in [-0.39, 0.29) is 30.0 Å². The predicted molar refractivity (Wildman–Crippen MR) is 107 cm³/mol. The Kier molecular flexibility index (Phi) is 5.09. The number of likely N-dealkylation sites (tertiary alicyclic amines) is 1. The second-order valence-corrected chi connectivity index (χ2v) is 7.30. The largest absolute Gasteiger partial charge is 0.338 e. The van der Waals surface area contributed by atoms with Crippen molar-refractivity contribution in [1.82, 2.24) is 9.88 Å². The first-order chi connectivity index (χ1) is 14.8. The number of alkyl halides is 1. The number of nitrogens with zero attached hydrogens (tertiary/aromatic N) is 2. The van der Waals surface area contributed by atoms with Gasteiger partial charge in [-0.2, -0.15) is 0 Å². The maximum Gasteiger partial charge on any atom is 0.253 e. The molecule has 1 aromatic carbocycles. The Balaban J connectivity index is 1.60. The summed E-state index contributed by atoms with van der Waals surface area (Å²) < 4.78 is 60.9. The van der Waals surface area contributed by atoms with Crippen LogP contribution in [0.25, 0.3) is 0 Å². The zero-order chi connectivity index (χ0) is 23.7. The van der Waals surface area contributed by atoms with Gasteiger partial charge >= 0.3 is 0 Å². The van der Waals surface area contributed by atoms with Crippen molar-refractivity contribution >= 4 is 17.5 Å². The van der Waals surface area contributed by atoms with Gasteiger partial charge in [0.2, 0.25) is 0 Å². The molecule has 0 radical (unpaired) electrons. The summed E-state index contributed by atoms with van der Waals surface area (Å²) in [5, 5.41) is -0.201. The van der Waals surface area contributed by atoms with Gasteiger partial charge in [-0.25, -0.2) is 8.78 Å². The molecule has 0 spiro atoms. The summed E-state index contributed by atoms with van der Waals surface area (Å²) in [6.45, 7) is 1.08. The molecule has 2 heterocycles. The summed E-state index contributed by atoms with van der Waals surface area (Å²) >= 11 is 5.73. The summed E-state index contributed by atoms with van der Waals surface area (Å²) in [6, 6.07) is 6.89. The topological polar surface area (TPSA) is 33.2 Å². The van der Waals surface area contributed by atoms with Crippen molar-refractivity contribution in [1.29, 1.82) is 0 Å². The quantitative estimate of drug-likeness (QED) is 0.638. The van der Waals surface area contributed by atoms with E-state index >= 15 is 4.39 Å². The van der Waals surface area contributed by atoms with Gasteiger partial charge in [-0.1, -0.05) is 24.6 Å². The monoisotopic (exact) mass is 410 g/mol. The van der Waals surface area contributed by atoms with E-state index in [9.17, 15) is 9.18 Å². The minimum Gasteiger partial charge on any atom is -0.338 e. The Morgan fingerprint density at radius 3 is 2.86 bits per heavy atom. The zero-order valence-corrected chi connectivity index (χ0v) is 16.4. The van der Waals surface area contributed by atoms with E-state index in [1.54, 1.807) is 12.1 Å². The lowest BCUT2D eigenvalue weighted by Gasteiger charge is -2.36. The summed E-state index contributed by atoms with van der Waals surface area (Å²) in [5.74, 6) is -1.17. The van der Waals surface area contributed by atoms with Crippen molar-refractivity contribution < 1.29 is 19.1 Å². The fourth-order valence-corrected chi connectivity index (χ4v) is 3.37. The lowest BCUT2D eigenvalue weighted by atomic mass is 9.87. The van der Waals surface area contributed by atoms with E-state index in [1.807, 2.05) is 0 Å². The van der Waals surface area contributed by atoms with Crippen molar-refractivity contribution in [2.75, 3.05) is 13.1 Å². The normalized spacial score (nSPS) is 24.1. The Labute approximate surface area is 175 Å². The van der Waals surface area contributed by atoms with Gasteiger partial charge in [0.25, 0.3) is 5.91 Å².